The highest BCUT2D eigenvalue weighted by Gasteiger charge is 2.31. The Hall–Kier alpha value is -1.96. The van der Waals surface area contributed by atoms with Crippen molar-refractivity contribution in [2.45, 2.75) is 66.4 Å². The number of fused-ring (bicyclic) bond motifs is 1. The van der Waals surface area contributed by atoms with E-state index in [9.17, 15) is 5.11 Å². The number of phenols is 1. The van der Waals surface area contributed by atoms with Crippen LogP contribution >= 0.6 is 0 Å². The number of aromatic hydroxyl groups is 1. The molecule has 0 spiro atoms. The topological polar surface area (TPSA) is 29.5 Å². The van der Waals surface area contributed by atoms with Crippen molar-refractivity contribution >= 4 is 0 Å². The van der Waals surface area contributed by atoms with E-state index in [4.69, 9.17) is 4.74 Å². The molecule has 0 amide bonds. The molecule has 1 heterocycles. The molecule has 24 heavy (non-hydrogen) atoms. The van der Waals surface area contributed by atoms with Crippen LogP contribution in [0, 0.1) is 6.92 Å². The van der Waals surface area contributed by atoms with Gasteiger partial charge in [0.1, 0.15) is 17.1 Å². The van der Waals surface area contributed by atoms with Gasteiger partial charge < -0.3 is 9.84 Å². The fourth-order valence-electron chi connectivity index (χ4n) is 2.99. The molecule has 2 nitrogen and oxygen atoms in total. The molecule has 130 valence electrons. The minimum absolute atomic E-state index is 0.320. The summed E-state index contributed by atoms with van der Waals surface area (Å²) in [5, 5.41) is 10.7. The molecule has 1 unspecified atom stereocenters. The normalized spacial score (nSPS) is 19.6. The monoisotopic (exact) mass is 326 g/mol. The molecule has 0 saturated heterocycles. The molecule has 0 saturated carbocycles. The van der Waals surface area contributed by atoms with Gasteiger partial charge in [-0.15, -0.1) is 0 Å². The molecule has 0 aromatic heterocycles. The second-order valence-corrected chi connectivity index (χ2v) is 7.50. The van der Waals surface area contributed by atoms with Crippen molar-refractivity contribution in [3.05, 3.63) is 58.2 Å². The second kappa shape index (κ2) is 7.29. The summed E-state index contributed by atoms with van der Waals surface area (Å²) in [5.41, 5.74) is 5.26. The van der Waals surface area contributed by atoms with Gasteiger partial charge in [0, 0.05) is 11.1 Å². The Morgan fingerprint density at radius 2 is 1.96 bits per heavy atom. The highest BCUT2D eigenvalue weighted by Crippen LogP contribution is 2.42. The summed E-state index contributed by atoms with van der Waals surface area (Å²) in [5.74, 6) is 1.24. The zero-order chi connectivity index (χ0) is 17.9. The molecular weight excluding hydrogens is 296 g/mol. The van der Waals surface area contributed by atoms with Crippen molar-refractivity contribution in [3.63, 3.8) is 0 Å². The molecule has 0 bridgehead atoms. The van der Waals surface area contributed by atoms with Gasteiger partial charge >= 0.3 is 0 Å². The lowest BCUT2D eigenvalue weighted by Gasteiger charge is -2.34. The summed E-state index contributed by atoms with van der Waals surface area (Å²) < 4.78 is 6.25. The first-order valence-corrected chi connectivity index (χ1v) is 8.71. The number of hydrogen-bond donors (Lipinski definition) is 1. The quantitative estimate of drug-likeness (QED) is 0.558. The van der Waals surface area contributed by atoms with Crippen molar-refractivity contribution in [2.24, 2.45) is 0 Å². The SMILES string of the molecule is CC(C)=CC=CC1(C)CCc2c(cc(C)c(CC=C(C)C)c2O)O1. The maximum atomic E-state index is 10.7. The Kier molecular flexibility index (Phi) is 5.58. The Balaban J connectivity index is 2.32. The lowest BCUT2D eigenvalue weighted by Crippen LogP contribution is -2.34. The van der Waals surface area contributed by atoms with Crippen LogP contribution in [0.25, 0.3) is 0 Å². The van der Waals surface area contributed by atoms with E-state index >= 15 is 0 Å². The standard InChI is InChI=1S/C22H30O2/c1-15(2)8-7-12-22(6)13-11-19-20(24-22)14-17(5)18(21(19)23)10-9-16(3)4/h7-9,12,14,23H,10-11,13H2,1-6H3. The molecule has 2 rings (SSSR count). The summed E-state index contributed by atoms with van der Waals surface area (Å²) in [6.45, 7) is 12.5. The van der Waals surface area contributed by atoms with Crippen LogP contribution in [0.1, 0.15) is 57.7 Å². The molecule has 2 heteroatoms. The fraction of sp³-hybridized carbons (Fsp3) is 0.455. The Bertz CT molecular complexity index is 699. The third-order valence-electron chi connectivity index (χ3n) is 4.50. The van der Waals surface area contributed by atoms with Gasteiger partial charge in [-0.2, -0.15) is 0 Å². The van der Waals surface area contributed by atoms with E-state index in [0.29, 0.717) is 5.75 Å². The summed E-state index contributed by atoms with van der Waals surface area (Å²) in [7, 11) is 0. The van der Waals surface area contributed by atoms with Crippen LogP contribution in [0.4, 0.5) is 0 Å². The number of phenolic OH excluding ortho intramolecular Hbond substituents is 1. The maximum absolute atomic E-state index is 10.7. The first-order chi connectivity index (χ1) is 11.2. The Morgan fingerprint density at radius 3 is 2.58 bits per heavy atom. The smallest absolute Gasteiger partial charge is 0.127 e. The van der Waals surface area contributed by atoms with Crippen molar-refractivity contribution in [2.75, 3.05) is 0 Å². The number of aryl methyl sites for hydroxylation is 1. The first kappa shape index (κ1) is 18.4. The van der Waals surface area contributed by atoms with Crippen LogP contribution in [0.15, 0.2) is 41.5 Å². The van der Waals surface area contributed by atoms with E-state index in [1.165, 1.54) is 11.1 Å². The van der Waals surface area contributed by atoms with E-state index in [1.807, 2.05) is 6.92 Å². The number of hydrogen-bond acceptors (Lipinski definition) is 2. The molecule has 1 aliphatic heterocycles. The molecule has 0 radical (unpaired) electrons. The van der Waals surface area contributed by atoms with Gasteiger partial charge in [-0.05, 0) is 78.5 Å². The zero-order valence-corrected chi connectivity index (χ0v) is 15.9. The zero-order valence-electron chi connectivity index (χ0n) is 15.9. The third-order valence-corrected chi connectivity index (χ3v) is 4.50. The van der Waals surface area contributed by atoms with Crippen LogP contribution in [0.2, 0.25) is 0 Å². The van der Waals surface area contributed by atoms with Crippen molar-refractivity contribution in [1.82, 2.24) is 0 Å². The van der Waals surface area contributed by atoms with E-state index in [2.05, 4.69) is 65.0 Å². The van der Waals surface area contributed by atoms with Gasteiger partial charge in [-0.25, -0.2) is 0 Å². The minimum Gasteiger partial charge on any atom is -0.507 e. The van der Waals surface area contributed by atoms with Gasteiger partial charge in [0.05, 0.1) is 0 Å². The lowest BCUT2D eigenvalue weighted by molar-refractivity contribution is 0.113. The van der Waals surface area contributed by atoms with Crippen LogP contribution in [-0.4, -0.2) is 10.7 Å². The van der Waals surface area contributed by atoms with Gasteiger partial charge in [0.2, 0.25) is 0 Å². The summed E-state index contributed by atoms with van der Waals surface area (Å²) in [6, 6.07) is 2.08. The van der Waals surface area contributed by atoms with Crippen molar-refractivity contribution in [3.8, 4) is 11.5 Å². The Labute approximate surface area is 146 Å². The summed E-state index contributed by atoms with van der Waals surface area (Å²) in [4.78, 5) is 0. The van der Waals surface area contributed by atoms with Crippen molar-refractivity contribution in [1.29, 1.82) is 0 Å². The van der Waals surface area contributed by atoms with Gasteiger partial charge in [-0.3, -0.25) is 0 Å². The average Bonchev–Trinajstić information content (AvgIpc) is 2.45. The molecule has 1 N–H and O–H groups in total. The highest BCUT2D eigenvalue weighted by atomic mass is 16.5. The average molecular weight is 326 g/mol. The van der Waals surface area contributed by atoms with Crippen LogP contribution in [-0.2, 0) is 12.8 Å². The van der Waals surface area contributed by atoms with E-state index in [-0.39, 0.29) is 5.60 Å². The lowest BCUT2D eigenvalue weighted by atomic mass is 9.88. The predicted octanol–water partition coefficient (Wildman–Crippen LogP) is 5.82. The van der Waals surface area contributed by atoms with Gasteiger partial charge in [0.15, 0.2) is 0 Å². The first-order valence-electron chi connectivity index (χ1n) is 8.71. The number of benzene rings is 1. The molecular formula is C22H30O2. The minimum atomic E-state index is -0.320. The van der Waals surface area contributed by atoms with Gasteiger partial charge in [0.25, 0.3) is 0 Å². The molecule has 0 aliphatic carbocycles. The third kappa shape index (κ3) is 4.31. The molecule has 0 fully saturated rings. The van der Waals surface area contributed by atoms with E-state index < -0.39 is 0 Å². The van der Waals surface area contributed by atoms with Crippen LogP contribution in [0.5, 0.6) is 11.5 Å². The summed E-state index contributed by atoms with van der Waals surface area (Å²) in [6.07, 6.45) is 10.9. The maximum Gasteiger partial charge on any atom is 0.127 e. The fourth-order valence-corrected chi connectivity index (χ4v) is 2.99. The molecule has 1 aromatic rings. The number of ether oxygens (including phenoxy) is 1. The van der Waals surface area contributed by atoms with Crippen LogP contribution in [0.3, 0.4) is 0 Å². The molecule has 1 aliphatic rings. The van der Waals surface area contributed by atoms with Crippen LogP contribution < -0.4 is 4.74 Å². The number of allylic oxidation sites excluding steroid dienone is 5. The Morgan fingerprint density at radius 1 is 1.25 bits per heavy atom. The number of rotatable bonds is 4. The van der Waals surface area contributed by atoms with E-state index in [0.717, 1.165) is 41.7 Å². The van der Waals surface area contributed by atoms with Crippen molar-refractivity contribution < 1.29 is 9.84 Å². The second-order valence-electron chi connectivity index (χ2n) is 7.50. The predicted molar refractivity (Wildman–Crippen MR) is 102 cm³/mol. The molecule has 1 atom stereocenters. The van der Waals surface area contributed by atoms with Gasteiger partial charge in [-0.1, -0.05) is 29.4 Å². The largest absolute Gasteiger partial charge is 0.507 e. The highest BCUT2D eigenvalue weighted by molar-refractivity contribution is 5.55. The molecule has 1 aromatic carbocycles. The summed E-state index contributed by atoms with van der Waals surface area (Å²) >= 11 is 0. The van der Waals surface area contributed by atoms with E-state index in [1.54, 1.807) is 0 Å².